The molecule has 0 N–H and O–H groups in total. The third-order valence-electron chi connectivity index (χ3n) is 2.12. The molecule has 1 saturated carbocycles. The fraction of sp³-hybridized carbons (Fsp3) is 0.500. The average molecular weight is 264 g/mol. The van der Waals surface area contributed by atoms with Gasteiger partial charge in [0.15, 0.2) is 5.78 Å². The molecule has 1 aliphatic rings. The van der Waals surface area contributed by atoms with Crippen molar-refractivity contribution in [1.82, 2.24) is 0 Å². The van der Waals surface area contributed by atoms with E-state index in [0.29, 0.717) is 11.2 Å². The Bertz CT molecular complexity index is 237. The first-order chi connectivity index (χ1) is 6.15. The van der Waals surface area contributed by atoms with Crippen molar-refractivity contribution >= 4 is 33.3 Å². The maximum Gasteiger partial charge on any atom is 0.151 e. The molecule has 1 aliphatic carbocycles. The van der Waals surface area contributed by atoms with Gasteiger partial charge < -0.3 is 0 Å². The molecule has 0 aromatic rings. The van der Waals surface area contributed by atoms with Crippen molar-refractivity contribution in [2.24, 2.45) is 5.92 Å². The SMILES string of the molecule is C=CC(Br)C/C=C/C1CC(=O)C1Cl. The molecule has 3 unspecified atom stereocenters. The van der Waals surface area contributed by atoms with Crippen LogP contribution in [0.3, 0.4) is 0 Å². The lowest BCUT2D eigenvalue weighted by atomic mass is 9.83. The van der Waals surface area contributed by atoms with Crippen LogP contribution >= 0.6 is 27.5 Å². The van der Waals surface area contributed by atoms with Gasteiger partial charge in [-0.25, -0.2) is 0 Å². The van der Waals surface area contributed by atoms with E-state index in [0.717, 1.165) is 6.42 Å². The number of allylic oxidation sites excluding steroid dienone is 3. The zero-order valence-corrected chi connectivity index (χ0v) is 9.59. The lowest BCUT2D eigenvalue weighted by Gasteiger charge is -2.27. The van der Waals surface area contributed by atoms with Crippen molar-refractivity contribution in [3.63, 3.8) is 0 Å². The van der Waals surface area contributed by atoms with E-state index in [1.807, 2.05) is 18.2 Å². The highest BCUT2D eigenvalue weighted by Gasteiger charge is 2.35. The van der Waals surface area contributed by atoms with Crippen LogP contribution in [-0.2, 0) is 4.79 Å². The molecule has 0 amide bonds. The Morgan fingerprint density at radius 3 is 2.92 bits per heavy atom. The minimum Gasteiger partial charge on any atom is -0.298 e. The number of carbonyl (C=O) groups is 1. The maximum atomic E-state index is 10.8. The lowest BCUT2D eigenvalue weighted by Crippen LogP contribution is -2.36. The Balaban J connectivity index is 2.25. The Kier molecular flexibility index (Phi) is 4.20. The van der Waals surface area contributed by atoms with Gasteiger partial charge in [-0.05, 0) is 6.42 Å². The summed E-state index contributed by atoms with van der Waals surface area (Å²) in [7, 11) is 0. The number of carbonyl (C=O) groups excluding carboxylic acids is 1. The summed E-state index contributed by atoms with van der Waals surface area (Å²) in [4.78, 5) is 11.1. The van der Waals surface area contributed by atoms with Crippen LogP contribution in [0, 0.1) is 5.92 Å². The van der Waals surface area contributed by atoms with Crippen molar-refractivity contribution in [1.29, 1.82) is 0 Å². The monoisotopic (exact) mass is 262 g/mol. The Morgan fingerprint density at radius 2 is 2.46 bits per heavy atom. The second kappa shape index (κ2) is 4.97. The topological polar surface area (TPSA) is 17.1 Å². The third kappa shape index (κ3) is 2.96. The second-order valence-corrected chi connectivity index (χ2v) is 4.80. The minimum absolute atomic E-state index is 0.162. The predicted octanol–water partition coefficient (Wildman–Crippen LogP) is 3.08. The maximum absolute atomic E-state index is 10.8. The first-order valence-corrected chi connectivity index (χ1v) is 5.60. The fourth-order valence-corrected chi connectivity index (χ4v) is 1.65. The van der Waals surface area contributed by atoms with Crippen LogP contribution < -0.4 is 0 Å². The highest BCUT2D eigenvalue weighted by molar-refractivity contribution is 9.09. The van der Waals surface area contributed by atoms with Crippen molar-refractivity contribution < 1.29 is 4.79 Å². The summed E-state index contributed by atoms with van der Waals surface area (Å²) in [6, 6.07) is 0. The molecule has 72 valence electrons. The fourth-order valence-electron chi connectivity index (χ4n) is 1.17. The summed E-state index contributed by atoms with van der Waals surface area (Å²) in [5.41, 5.74) is 0. The third-order valence-corrected chi connectivity index (χ3v) is 3.44. The van der Waals surface area contributed by atoms with E-state index in [9.17, 15) is 4.79 Å². The van der Waals surface area contributed by atoms with Crippen LogP contribution in [-0.4, -0.2) is 16.0 Å². The highest BCUT2D eigenvalue weighted by Crippen LogP contribution is 2.30. The van der Waals surface area contributed by atoms with Gasteiger partial charge in [0.05, 0.1) is 5.38 Å². The van der Waals surface area contributed by atoms with Crippen molar-refractivity contribution in [3.8, 4) is 0 Å². The summed E-state index contributed by atoms with van der Waals surface area (Å²) >= 11 is 9.21. The molecule has 0 spiro atoms. The van der Waals surface area contributed by atoms with Gasteiger partial charge in [0.1, 0.15) is 0 Å². The molecule has 1 rings (SSSR count). The standard InChI is InChI=1S/C10H12BrClO/c1-2-8(11)5-3-4-7-6-9(13)10(7)12/h2-4,7-8,10H,1,5-6H2/b4-3+. The first kappa shape index (κ1) is 11.0. The molecular weight excluding hydrogens is 251 g/mol. The normalized spacial score (nSPS) is 30.2. The minimum atomic E-state index is -0.284. The number of halogens is 2. The molecule has 1 fully saturated rings. The summed E-state index contributed by atoms with van der Waals surface area (Å²) < 4.78 is 0. The van der Waals surface area contributed by atoms with Crippen LogP contribution in [0.25, 0.3) is 0 Å². The number of alkyl halides is 2. The van der Waals surface area contributed by atoms with Crippen molar-refractivity contribution in [2.75, 3.05) is 0 Å². The lowest BCUT2D eigenvalue weighted by molar-refractivity contribution is -0.125. The molecular formula is C10H12BrClO. The number of hydrogen-bond acceptors (Lipinski definition) is 1. The molecule has 1 nitrogen and oxygen atoms in total. The average Bonchev–Trinajstić information content (AvgIpc) is 2.15. The van der Waals surface area contributed by atoms with Crippen LogP contribution in [0.5, 0.6) is 0 Å². The van der Waals surface area contributed by atoms with Gasteiger partial charge in [-0.2, -0.15) is 0 Å². The molecule has 0 bridgehead atoms. The summed E-state index contributed by atoms with van der Waals surface area (Å²) in [6.45, 7) is 3.66. The molecule has 0 saturated heterocycles. The number of Topliss-reactive ketones (excluding diaryl/α,β-unsaturated/α-hetero) is 1. The predicted molar refractivity (Wildman–Crippen MR) is 59.4 cm³/mol. The van der Waals surface area contributed by atoms with Crippen LogP contribution in [0.1, 0.15) is 12.8 Å². The van der Waals surface area contributed by atoms with Gasteiger partial charge in [-0.1, -0.05) is 34.2 Å². The molecule has 0 aliphatic heterocycles. The largest absolute Gasteiger partial charge is 0.298 e. The van der Waals surface area contributed by atoms with Gasteiger partial charge in [0.25, 0.3) is 0 Å². The molecule has 13 heavy (non-hydrogen) atoms. The van der Waals surface area contributed by atoms with Gasteiger partial charge in [0.2, 0.25) is 0 Å². The van der Waals surface area contributed by atoms with E-state index >= 15 is 0 Å². The molecule has 0 aromatic heterocycles. The van der Waals surface area contributed by atoms with Gasteiger partial charge in [-0.15, -0.1) is 18.2 Å². The van der Waals surface area contributed by atoms with Crippen molar-refractivity contribution in [2.45, 2.75) is 23.0 Å². The summed E-state index contributed by atoms with van der Waals surface area (Å²) in [6.07, 6.45) is 7.42. The second-order valence-electron chi connectivity index (χ2n) is 3.15. The van der Waals surface area contributed by atoms with Gasteiger partial charge >= 0.3 is 0 Å². The number of ketones is 1. The molecule has 0 aromatic carbocycles. The van der Waals surface area contributed by atoms with Gasteiger partial charge in [0, 0.05) is 17.2 Å². The molecule has 0 radical (unpaired) electrons. The number of rotatable bonds is 4. The van der Waals surface area contributed by atoms with E-state index in [4.69, 9.17) is 11.6 Å². The zero-order chi connectivity index (χ0) is 9.84. The van der Waals surface area contributed by atoms with Crippen LogP contribution in [0.4, 0.5) is 0 Å². The zero-order valence-electron chi connectivity index (χ0n) is 7.25. The summed E-state index contributed by atoms with van der Waals surface area (Å²) in [5.74, 6) is 0.411. The molecule has 3 atom stereocenters. The number of hydrogen-bond donors (Lipinski definition) is 0. The quantitative estimate of drug-likeness (QED) is 0.563. The Hall–Kier alpha value is -0.0800. The Morgan fingerprint density at radius 1 is 1.77 bits per heavy atom. The van der Waals surface area contributed by atoms with Crippen molar-refractivity contribution in [3.05, 3.63) is 24.8 Å². The van der Waals surface area contributed by atoms with Gasteiger partial charge in [-0.3, -0.25) is 4.79 Å². The van der Waals surface area contributed by atoms with E-state index < -0.39 is 0 Å². The molecule has 0 heterocycles. The first-order valence-electron chi connectivity index (χ1n) is 4.25. The van der Waals surface area contributed by atoms with E-state index in [2.05, 4.69) is 22.5 Å². The summed E-state index contributed by atoms with van der Waals surface area (Å²) in [5, 5.41) is -0.284. The van der Waals surface area contributed by atoms with E-state index in [1.54, 1.807) is 0 Å². The molecule has 3 heteroatoms. The van der Waals surface area contributed by atoms with Crippen LogP contribution in [0.15, 0.2) is 24.8 Å². The van der Waals surface area contributed by atoms with Crippen LogP contribution in [0.2, 0.25) is 0 Å². The smallest absolute Gasteiger partial charge is 0.151 e. The Labute approximate surface area is 92.0 Å². The van der Waals surface area contributed by atoms with E-state index in [-0.39, 0.29) is 17.1 Å². The van der Waals surface area contributed by atoms with E-state index in [1.165, 1.54) is 0 Å². The highest BCUT2D eigenvalue weighted by atomic mass is 79.9.